The van der Waals surface area contributed by atoms with Gasteiger partial charge in [-0.05, 0) is 26.2 Å². The average molecular weight is 270 g/mol. The maximum absolute atomic E-state index is 11.2. The van der Waals surface area contributed by atoms with E-state index in [1.54, 1.807) is 0 Å². The molecule has 0 spiro atoms. The van der Waals surface area contributed by atoms with E-state index in [0.717, 1.165) is 25.9 Å². The van der Waals surface area contributed by atoms with E-state index in [9.17, 15) is 4.79 Å². The minimum absolute atomic E-state index is 0.0799. The number of rotatable bonds is 8. The van der Waals surface area contributed by atoms with Crippen molar-refractivity contribution in [2.45, 2.75) is 90.3 Å². The monoisotopic (exact) mass is 270 g/mol. The quantitative estimate of drug-likeness (QED) is 0.489. The summed E-state index contributed by atoms with van der Waals surface area (Å²) in [5.74, 6) is -0.194. The highest BCUT2D eigenvalue weighted by Gasteiger charge is 2.40. The van der Waals surface area contributed by atoms with Crippen molar-refractivity contribution < 1.29 is 14.3 Å². The number of esters is 1. The number of hydrogen-bond acceptors (Lipinski definition) is 3. The average Bonchev–Trinajstić information content (AvgIpc) is 2.34. The smallest absolute Gasteiger partial charge is 0.303 e. The first kappa shape index (κ1) is 16.5. The van der Waals surface area contributed by atoms with Crippen molar-refractivity contribution >= 4 is 5.97 Å². The van der Waals surface area contributed by atoms with Crippen LogP contribution in [-0.2, 0) is 14.3 Å². The summed E-state index contributed by atoms with van der Waals surface area (Å²) in [7, 11) is 0. The molecule has 1 fully saturated rings. The molecule has 0 aromatic heterocycles. The van der Waals surface area contributed by atoms with E-state index in [1.807, 2.05) is 6.92 Å². The first-order chi connectivity index (χ1) is 9.08. The van der Waals surface area contributed by atoms with Gasteiger partial charge in [-0.25, -0.2) is 0 Å². The second-order valence-corrected chi connectivity index (χ2v) is 5.93. The highest BCUT2D eigenvalue weighted by atomic mass is 16.6. The number of carbonyl (C=O) groups is 1. The molecule has 112 valence electrons. The minimum Gasteiger partial charge on any atom is -0.457 e. The Labute approximate surface area is 118 Å². The number of unbranched alkanes of at least 4 members (excludes halogenated alkanes) is 5. The predicted octanol–water partition coefficient (Wildman–Crippen LogP) is 4.24. The summed E-state index contributed by atoms with van der Waals surface area (Å²) in [6.07, 6.45) is 10.7. The molecule has 1 saturated heterocycles. The summed E-state index contributed by atoms with van der Waals surface area (Å²) < 4.78 is 11.4. The van der Waals surface area contributed by atoms with Crippen molar-refractivity contribution in [1.82, 2.24) is 0 Å². The van der Waals surface area contributed by atoms with Crippen LogP contribution in [0.15, 0.2) is 0 Å². The van der Waals surface area contributed by atoms with Gasteiger partial charge in [-0.1, -0.05) is 45.4 Å². The summed E-state index contributed by atoms with van der Waals surface area (Å²) in [6.45, 7) is 6.55. The van der Waals surface area contributed by atoms with Crippen LogP contribution in [0.1, 0.15) is 78.6 Å². The fraction of sp³-hybridized carbons (Fsp3) is 0.938. The molecule has 0 saturated carbocycles. The van der Waals surface area contributed by atoms with Crippen LogP contribution in [0, 0.1) is 0 Å². The van der Waals surface area contributed by atoms with Gasteiger partial charge >= 0.3 is 5.97 Å². The molecule has 0 radical (unpaired) electrons. The highest BCUT2D eigenvalue weighted by molar-refractivity contribution is 5.66. The Bertz CT molecular complexity index is 265. The van der Waals surface area contributed by atoms with Crippen LogP contribution in [0.4, 0.5) is 0 Å². The third-order valence-corrected chi connectivity index (χ3v) is 4.01. The molecule has 0 aliphatic carbocycles. The van der Waals surface area contributed by atoms with Gasteiger partial charge in [0.05, 0.1) is 6.10 Å². The fourth-order valence-electron chi connectivity index (χ4n) is 2.93. The molecule has 0 unspecified atom stereocenters. The zero-order valence-electron chi connectivity index (χ0n) is 12.9. The second kappa shape index (κ2) is 8.57. The zero-order chi connectivity index (χ0) is 14.1. The number of carbonyl (C=O) groups excluding carboxylic acids is 1. The molecule has 3 heteroatoms. The van der Waals surface area contributed by atoms with Gasteiger partial charge in [0.15, 0.2) is 0 Å². The fourth-order valence-corrected chi connectivity index (χ4v) is 2.93. The molecule has 1 aliphatic rings. The van der Waals surface area contributed by atoms with Gasteiger partial charge in [-0.3, -0.25) is 4.79 Å². The Hall–Kier alpha value is -0.570. The van der Waals surface area contributed by atoms with Crippen molar-refractivity contribution in [2.24, 2.45) is 0 Å². The number of ether oxygens (including phenoxy) is 2. The largest absolute Gasteiger partial charge is 0.457 e. The Morgan fingerprint density at radius 1 is 1.26 bits per heavy atom. The molecule has 19 heavy (non-hydrogen) atoms. The third-order valence-electron chi connectivity index (χ3n) is 4.01. The van der Waals surface area contributed by atoms with Crippen molar-refractivity contribution in [3.8, 4) is 0 Å². The van der Waals surface area contributed by atoms with Gasteiger partial charge in [0.25, 0.3) is 0 Å². The lowest BCUT2D eigenvalue weighted by Gasteiger charge is -2.40. The molecule has 3 nitrogen and oxygen atoms in total. The molecular weight excluding hydrogens is 240 g/mol. The summed E-state index contributed by atoms with van der Waals surface area (Å²) in [5.41, 5.74) is -0.409. The Morgan fingerprint density at radius 2 is 1.95 bits per heavy atom. The van der Waals surface area contributed by atoms with Crippen molar-refractivity contribution in [2.75, 3.05) is 6.61 Å². The molecule has 0 N–H and O–H groups in total. The summed E-state index contributed by atoms with van der Waals surface area (Å²) >= 11 is 0. The van der Waals surface area contributed by atoms with E-state index >= 15 is 0 Å². The molecule has 2 atom stereocenters. The van der Waals surface area contributed by atoms with E-state index in [-0.39, 0.29) is 12.1 Å². The van der Waals surface area contributed by atoms with E-state index < -0.39 is 5.60 Å². The van der Waals surface area contributed by atoms with Crippen molar-refractivity contribution in [3.63, 3.8) is 0 Å². The molecule has 0 aromatic rings. The molecule has 1 rings (SSSR count). The van der Waals surface area contributed by atoms with E-state index in [0.29, 0.717) is 0 Å². The van der Waals surface area contributed by atoms with Crippen molar-refractivity contribution in [3.05, 3.63) is 0 Å². The van der Waals surface area contributed by atoms with Crippen LogP contribution >= 0.6 is 0 Å². The highest BCUT2D eigenvalue weighted by Crippen LogP contribution is 2.32. The van der Waals surface area contributed by atoms with Crippen LogP contribution in [0.25, 0.3) is 0 Å². The molecule has 0 bridgehead atoms. The molecule has 0 amide bonds. The first-order valence-corrected chi connectivity index (χ1v) is 7.89. The Balaban J connectivity index is 2.30. The van der Waals surface area contributed by atoms with Crippen LogP contribution in [0.2, 0.25) is 0 Å². The maximum Gasteiger partial charge on any atom is 0.303 e. The molecule has 1 heterocycles. The molecule has 1 aliphatic heterocycles. The second-order valence-electron chi connectivity index (χ2n) is 5.93. The van der Waals surface area contributed by atoms with E-state index in [1.165, 1.54) is 45.4 Å². The maximum atomic E-state index is 11.2. The normalized spacial score (nSPS) is 27.2. The van der Waals surface area contributed by atoms with Gasteiger partial charge in [-0.15, -0.1) is 0 Å². The Morgan fingerprint density at radius 3 is 2.63 bits per heavy atom. The Kier molecular flexibility index (Phi) is 7.44. The summed E-state index contributed by atoms with van der Waals surface area (Å²) in [5, 5.41) is 0. The van der Waals surface area contributed by atoms with Gasteiger partial charge < -0.3 is 9.47 Å². The van der Waals surface area contributed by atoms with Crippen LogP contribution in [0.3, 0.4) is 0 Å². The van der Waals surface area contributed by atoms with Crippen molar-refractivity contribution in [1.29, 1.82) is 0 Å². The van der Waals surface area contributed by atoms with Crippen LogP contribution in [-0.4, -0.2) is 24.3 Å². The lowest BCUT2D eigenvalue weighted by atomic mass is 9.87. The number of hydrogen-bond donors (Lipinski definition) is 0. The minimum atomic E-state index is -0.409. The summed E-state index contributed by atoms with van der Waals surface area (Å²) in [6, 6.07) is 0. The standard InChI is InChI=1S/C16H30O3/c1-4-5-6-7-8-9-11-15-16(3,19-14(2)17)12-10-13-18-15/h15H,4-13H2,1-3H3/t15-,16+/m0/s1. The lowest BCUT2D eigenvalue weighted by molar-refractivity contribution is -0.187. The molecule has 0 aromatic carbocycles. The topological polar surface area (TPSA) is 35.5 Å². The lowest BCUT2D eigenvalue weighted by Crippen LogP contribution is -2.48. The zero-order valence-corrected chi connectivity index (χ0v) is 12.9. The van der Waals surface area contributed by atoms with Gasteiger partial charge in [-0.2, -0.15) is 0 Å². The van der Waals surface area contributed by atoms with Crippen LogP contribution in [0.5, 0.6) is 0 Å². The summed E-state index contributed by atoms with van der Waals surface area (Å²) in [4.78, 5) is 11.2. The van der Waals surface area contributed by atoms with Gasteiger partial charge in [0, 0.05) is 13.5 Å². The first-order valence-electron chi connectivity index (χ1n) is 7.89. The predicted molar refractivity (Wildman–Crippen MR) is 77.1 cm³/mol. The van der Waals surface area contributed by atoms with Gasteiger partial charge in [0.2, 0.25) is 0 Å². The third kappa shape index (κ3) is 5.94. The molecular formula is C16H30O3. The van der Waals surface area contributed by atoms with E-state index in [4.69, 9.17) is 9.47 Å². The van der Waals surface area contributed by atoms with Crippen LogP contribution < -0.4 is 0 Å². The SMILES string of the molecule is CCCCCCCC[C@@H]1OCCC[C@@]1(C)OC(C)=O. The van der Waals surface area contributed by atoms with Gasteiger partial charge in [0.1, 0.15) is 5.60 Å². The van der Waals surface area contributed by atoms with E-state index in [2.05, 4.69) is 6.92 Å².